The largest absolute Gasteiger partial charge is 0.507 e. The second-order valence-corrected chi connectivity index (χ2v) is 8.51. The lowest BCUT2D eigenvalue weighted by Gasteiger charge is -2.25. The summed E-state index contributed by atoms with van der Waals surface area (Å²) in [6.45, 7) is 4.61. The Hall–Kier alpha value is -4.06. The van der Waals surface area contributed by atoms with Crippen molar-refractivity contribution in [1.82, 2.24) is 0 Å². The molecule has 0 saturated carbocycles. The van der Waals surface area contributed by atoms with Crippen molar-refractivity contribution in [3.63, 3.8) is 0 Å². The van der Waals surface area contributed by atoms with Gasteiger partial charge in [-0.2, -0.15) is 0 Å². The van der Waals surface area contributed by atoms with E-state index < -0.39 is 17.7 Å². The van der Waals surface area contributed by atoms with Crippen LogP contribution < -0.4 is 14.4 Å². The van der Waals surface area contributed by atoms with Gasteiger partial charge in [-0.1, -0.05) is 56.3 Å². The fourth-order valence-corrected chi connectivity index (χ4v) is 3.97. The van der Waals surface area contributed by atoms with E-state index in [4.69, 9.17) is 9.47 Å². The van der Waals surface area contributed by atoms with E-state index in [9.17, 15) is 14.7 Å². The van der Waals surface area contributed by atoms with Gasteiger partial charge in [0.2, 0.25) is 0 Å². The molecule has 1 unspecified atom stereocenters. The molecule has 1 atom stereocenters. The average molecular weight is 458 g/mol. The summed E-state index contributed by atoms with van der Waals surface area (Å²) in [5.74, 6) is -0.204. The van der Waals surface area contributed by atoms with Crippen molar-refractivity contribution in [3.05, 3.63) is 95.6 Å². The Morgan fingerprint density at radius 3 is 2.35 bits per heavy atom. The SMILES string of the molecule is COc1cccc(C2/C(=C(/O)c3cccc(OCC(C)C)c3)C(=O)C(=O)N2c2ccccc2)c1. The highest BCUT2D eigenvalue weighted by atomic mass is 16.5. The number of aliphatic hydroxyl groups is 1. The molecule has 174 valence electrons. The summed E-state index contributed by atoms with van der Waals surface area (Å²) in [5.41, 5.74) is 1.63. The van der Waals surface area contributed by atoms with Crippen molar-refractivity contribution < 1.29 is 24.2 Å². The molecule has 0 spiro atoms. The summed E-state index contributed by atoms with van der Waals surface area (Å²) in [6, 6.07) is 22.2. The highest BCUT2D eigenvalue weighted by Gasteiger charge is 2.47. The molecule has 3 aromatic rings. The van der Waals surface area contributed by atoms with Crippen LogP contribution in [0.4, 0.5) is 5.69 Å². The third-order valence-electron chi connectivity index (χ3n) is 5.58. The molecule has 1 saturated heterocycles. The van der Waals surface area contributed by atoms with Gasteiger partial charge in [0.25, 0.3) is 11.7 Å². The van der Waals surface area contributed by atoms with Crippen LogP contribution in [0.5, 0.6) is 11.5 Å². The first-order valence-electron chi connectivity index (χ1n) is 11.1. The predicted molar refractivity (Wildman–Crippen MR) is 131 cm³/mol. The number of nitrogens with zero attached hydrogens (tertiary/aromatic N) is 1. The van der Waals surface area contributed by atoms with Gasteiger partial charge in [-0.3, -0.25) is 14.5 Å². The van der Waals surface area contributed by atoms with Gasteiger partial charge in [0, 0.05) is 11.3 Å². The molecular weight excluding hydrogens is 430 g/mol. The van der Waals surface area contributed by atoms with Crippen LogP contribution in [0.2, 0.25) is 0 Å². The maximum Gasteiger partial charge on any atom is 0.300 e. The Kier molecular flexibility index (Phi) is 6.68. The standard InChI is InChI=1S/C28H27NO5/c1-18(2)17-34-23-14-8-10-20(16-23)26(30)24-25(19-9-7-13-22(15-19)33-3)29(28(32)27(24)31)21-11-5-4-6-12-21/h4-16,18,25,30H,17H2,1-3H3/b26-24-. The molecule has 1 aliphatic rings. The third-order valence-corrected chi connectivity index (χ3v) is 5.58. The quantitative estimate of drug-likeness (QED) is 0.294. The molecule has 0 aliphatic carbocycles. The lowest BCUT2D eigenvalue weighted by molar-refractivity contribution is -0.132. The molecular formula is C28H27NO5. The number of ketones is 1. The second kappa shape index (κ2) is 9.83. The van der Waals surface area contributed by atoms with E-state index >= 15 is 0 Å². The van der Waals surface area contributed by atoms with Crippen LogP contribution in [0, 0.1) is 5.92 Å². The van der Waals surface area contributed by atoms with E-state index in [1.807, 2.05) is 26.0 Å². The Balaban J connectivity index is 1.87. The number of anilines is 1. The van der Waals surface area contributed by atoms with Gasteiger partial charge < -0.3 is 14.6 Å². The summed E-state index contributed by atoms with van der Waals surface area (Å²) >= 11 is 0. The number of benzene rings is 3. The minimum absolute atomic E-state index is 0.0168. The van der Waals surface area contributed by atoms with Crippen molar-refractivity contribution >= 4 is 23.1 Å². The molecule has 4 rings (SSSR count). The average Bonchev–Trinajstić information content (AvgIpc) is 3.13. The molecule has 1 N–H and O–H groups in total. The molecule has 1 aliphatic heterocycles. The zero-order chi connectivity index (χ0) is 24.2. The number of hydrogen-bond donors (Lipinski definition) is 1. The van der Waals surface area contributed by atoms with Crippen LogP contribution in [0.1, 0.15) is 31.0 Å². The second-order valence-electron chi connectivity index (χ2n) is 8.51. The number of Topliss-reactive ketones (excluding diaryl/α,β-unsaturated/α-hetero) is 1. The van der Waals surface area contributed by atoms with Crippen molar-refractivity contribution in [2.75, 3.05) is 18.6 Å². The summed E-state index contributed by atoms with van der Waals surface area (Å²) in [5, 5.41) is 11.3. The molecule has 1 fully saturated rings. The summed E-state index contributed by atoms with van der Waals surface area (Å²) < 4.78 is 11.2. The minimum Gasteiger partial charge on any atom is -0.507 e. The first kappa shape index (κ1) is 23.1. The monoisotopic (exact) mass is 457 g/mol. The van der Waals surface area contributed by atoms with Crippen LogP contribution in [0.25, 0.3) is 5.76 Å². The van der Waals surface area contributed by atoms with Gasteiger partial charge in [0.1, 0.15) is 17.3 Å². The molecule has 1 heterocycles. The lowest BCUT2D eigenvalue weighted by Crippen LogP contribution is -2.29. The Morgan fingerprint density at radius 2 is 1.65 bits per heavy atom. The first-order chi connectivity index (χ1) is 16.4. The van der Waals surface area contributed by atoms with Crippen molar-refractivity contribution in [1.29, 1.82) is 0 Å². The topological polar surface area (TPSA) is 76.1 Å². The van der Waals surface area contributed by atoms with Gasteiger partial charge in [-0.05, 0) is 47.9 Å². The zero-order valence-electron chi connectivity index (χ0n) is 19.4. The fourth-order valence-electron chi connectivity index (χ4n) is 3.97. The number of hydrogen-bond acceptors (Lipinski definition) is 5. The zero-order valence-corrected chi connectivity index (χ0v) is 19.4. The molecule has 1 amide bonds. The number of aliphatic hydroxyl groups excluding tert-OH is 1. The number of ether oxygens (including phenoxy) is 2. The number of rotatable bonds is 7. The lowest BCUT2D eigenvalue weighted by atomic mass is 9.95. The van der Waals surface area contributed by atoms with Crippen LogP contribution in [0.15, 0.2) is 84.4 Å². The van der Waals surface area contributed by atoms with E-state index in [1.54, 1.807) is 73.8 Å². The minimum atomic E-state index is -0.822. The van der Waals surface area contributed by atoms with Crippen LogP contribution >= 0.6 is 0 Å². The summed E-state index contributed by atoms with van der Waals surface area (Å²) in [4.78, 5) is 27.9. The van der Waals surface area contributed by atoms with Gasteiger partial charge in [0.05, 0.1) is 25.3 Å². The molecule has 6 heteroatoms. The molecule has 0 bridgehead atoms. The van der Waals surface area contributed by atoms with E-state index in [0.29, 0.717) is 40.8 Å². The third kappa shape index (κ3) is 4.53. The highest BCUT2D eigenvalue weighted by molar-refractivity contribution is 6.51. The maximum atomic E-state index is 13.3. The van der Waals surface area contributed by atoms with Gasteiger partial charge in [-0.25, -0.2) is 0 Å². The first-order valence-corrected chi connectivity index (χ1v) is 11.1. The van der Waals surface area contributed by atoms with Crippen LogP contribution in [0.3, 0.4) is 0 Å². The molecule has 3 aromatic carbocycles. The number of methoxy groups -OCH3 is 1. The van der Waals surface area contributed by atoms with E-state index in [1.165, 1.54) is 4.90 Å². The van der Waals surface area contributed by atoms with Gasteiger partial charge in [-0.15, -0.1) is 0 Å². The van der Waals surface area contributed by atoms with Gasteiger partial charge >= 0.3 is 0 Å². The Bertz CT molecular complexity index is 1230. The smallest absolute Gasteiger partial charge is 0.300 e. The highest BCUT2D eigenvalue weighted by Crippen LogP contribution is 2.43. The van der Waals surface area contributed by atoms with E-state index in [2.05, 4.69) is 0 Å². The fraction of sp³-hybridized carbons (Fsp3) is 0.214. The Labute approximate surface area is 199 Å². The molecule has 34 heavy (non-hydrogen) atoms. The number of para-hydroxylation sites is 1. The van der Waals surface area contributed by atoms with Crippen molar-refractivity contribution in [3.8, 4) is 11.5 Å². The molecule has 0 aromatic heterocycles. The van der Waals surface area contributed by atoms with Crippen LogP contribution in [-0.2, 0) is 9.59 Å². The number of carbonyl (C=O) groups excluding carboxylic acids is 2. The van der Waals surface area contributed by atoms with E-state index in [-0.39, 0.29) is 11.3 Å². The van der Waals surface area contributed by atoms with E-state index in [0.717, 1.165) is 0 Å². The van der Waals surface area contributed by atoms with Gasteiger partial charge in [0.15, 0.2) is 0 Å². The molecule has 0 radical (unpaired) electrons. The van der Waals surface area contributed by atoms with Crippen molar-refractivity contribution in [2.45, 2.75) is 19.9 Å². The normalized spacial score (nSPS) is 17.3. The number of carbonyl (C=O) groups is 2. The molecule has 6 nitrogen and oxygen atoms in total. The number of amides is 1. The predicted octanol–water partition coefficient (Wildman–Crippen LogP) is 5.36. The Morgan fingerprint density at radius 1 is 0.941 bits per heavy atom. The van der Waals surface area contributed by atoms with Crippen molar-refractivity contribution in [2.24, 2.45) is 5.92 Å². The summed E-state index contributed by atoms with van der Waals surface area (Å²) in [6.07, 6.45) is 0. The van der Waals surface area contributed by atoms with Crippen LogP contribution in [-0.4, -0.2) is 30.5 Å². The summed E-state index contributed by atoms with van der Waals surface area (Å²) in [7, 11) is 1.55. The maximum absolute atomic E-state index is 13.3.